The maximum atomic E-state index is 12.3. The van der Waals surface area contributed by atoms with Crippen molar-refractivity contribution in [1.82, 2.24) is 19.7 Å². The lowest BCUT2D eigenvalue weighted by Crippen LogP contribution is -2.14. The molecule has 0 amide bonds. The molecule has 1 unspecified atom stereocenters. The van der Waals surface area contributed by atoms with E-state index in [-0.39, 0.29) is 5.56 Å². The highest BCUT2D eigenvalue weighted by atomic mass is 35.5. The van der Waals surface area contributed by atoms with Crippen molar-refractivity contribution < 1.29 is 0 Å². The Balaban J connectivity index is 1.84. The van der Waals surface area contributed by atoms with Crippen LogP contribution in [0.5, 0.6) is 0 Å². The summed E-state index contributed by atoms with van der Waals surface area (Å²) in [6.07, 6.45) is 8.82. The maximum Gasteiger partial charge on any atom is 0.262 e. The number of nitrogens with zero attached hydrogens (tertiary/aromatic N) is 3. The summed E-state index contributed by atoms with van der Waals surface area (Å²) in [6, 6.07) is 7.39. The molecule has 116 valence electrons. The molecule has 0 bridgehead atoms. The number of halogens is 1. The van der Waals surface area contributed by atoms with Crippen LogP contribution in [0.15, 0.2) is 47.4 Å². The normalized spacial score (nSPS) is 17.2. The fourth-order valence-corrected chi connectivity index (χ4v) is 3.19. The minimum absolute atomic E-state index is 0.162. The van der Waals surface area contributed by atoms with E-state index in [4.69, 9.17) is 11.6 Å². The molecule has 0 saturated heterocycles. The van der Waals surface area contributed by atoms with E-state index >= 15 is 0 Å². The highest BCUT2D eigenvalue weighted by molar-refractivity contribution is 6.32. The number of aromatic amines is 1. The Morgan fingerprint density at radius 2 is 2.22 bits per heavy atom. The van der Waals surface area contributed by atoms with Crippen molar-refractivity contribution in [3.63, 3.8) is 0 Å². The van der Waals surface area contributed by atoms with Crippen molar-refractivity contribution in [2.45, 2.75) is 19.3 Å². The van der Waals surface area contributed by atoms with Gasteiger partial charge in [0.2, 0.25) is 0 Å². The maximum absolute atomic E-state index is 12.3. The number of H-pyrrole nitrogens is 1. The molecule has 1 N–H and O–H groups in total. The predicted molar refractivity (Wildman–Crippen MR) is 90.1 cm³/mol. The van der Waals surface area contributed by atoms with E-state index < -0.39 is 0 Å². The Bertz CT molecular complexity index is 957. The van der Waals surface area contributed by atoms with Gasteiger partial charge in [-0.05, 0) is 30.9 Å². The zero-order chi connectivity index (χ0) is 15.8. The van der Waals surface area contributed by atoms with Gasteiger partial charge >= 0.3 is 0 Å². The molecule has 4 rings (SSSR count). The fourth-order valence-electron chi connectivity index (χ4n) is 2.97. The van der Waals surface area contributed by atoms with Crippen molar-refractivity contribution in [3.8, 4) is 5.69 Å². The van der Waals surface area contributed by atoms with Gasteiger partial charge in [-0.25, -0.2) is 9.67 Å². The van der Waals surface area contributed by atoms with E-state index in [1.807, 2.05) is 18.2 Å². The van der Waals surface area contributed by atoms with Crippen LogP contribution in [-0.4, -0.2) is 19.7 Å². The second-order valence-electron chi connectivity index (χ2n) is 5.73. The molecule has 6 heteroatoms. The number of fused-ring (bicyclic) bond motifs is 1. The van der Waals surface area contributed by atoms with Gasteiger partial charge in [0.1, 0.15) is 11.2 Å². The van der Waals surface area contributed by atoms with E-state index in [1.165, 1.54) is 6.20 Å². The molecule has 0 radical (unpaired) electrons. The standard InChI is InChI=1S/C17H15ClN4O/c18-13-7-3-4-8-14(13)22-16-12(10-19-22)17(23)21-15(20-16)9-11-5-1-2-6-11/h1,3-5,7-8,10-11H,2,6,9H2,(H,20,21,23). The number of allylic oxidation sites excluding steroid dienone is 2. The van der Waals surface area contributed by atoms with Crippen LogP contribution in [0.1, 0.15) is 18.7 Å². The summed E-state index contributed by atoms with van der Waals surface area (Å²) in [5.74, 6) is 1.13. The van der Waals surface area contributed by atoms with E-state index in [2.05, 4.69) is 27.2 Å². The molecule has 5 nitrogen and oxygen atoms in total. The predicted octanol–water partition coefficient (Wildman–Crippen LogP) is 3.27. The molecule has 0 saturated carbocycles. The smallest absolute Gasteiger partial charge is 0.262 e. The van der Waals surface area contributed by atoms with Crippen LogP contribution >= 0.6 is 11.6 Å². The molecular formula is C17H15ClN4O. The lowest BCUT2D eigenvalue weighted by molar-refractivity contribution is 0.608. The van der Waals surface area contributed by atoms with E-state index in [1.54, 1.807) is 10.7 Å². The summed E-state index contributed by atoms with van der Waals surface area (Å²) < 4.78 is 1.63. The summed E-state index contributed by atoms with van der Waals surface area (Å²) in [7, 11) is 0. The van der Waals surface area contributed by atoms with Gasteiger partial charge in [0.15, 0.2) is 5.65 Å². The zero-order valence-electron chi connectivity index (χ0n) is 12.4. The Kier molecular flexibility index (Phi) is 3.50. The number of aromatic nitrogens is 4. The van der Waals surface area contributed by atoms with Crippen molar-refractivity contribution >= 4 is 22.6 Å². The monoisotopic (exact) mass is 326 g/mol. The Morgan fingerprint density at radius 1 is 1.35 bits per heavy atom. The van der Waals surface area contributed by atoms with Crippen LogP contribution in [0.25, 0.3) is 16.7 Å². The minimum atomic E-state index is -0.162. The second kappa shape index (κ2) is 5.66. The molecule has 0 spiro atoms. The number of hydrogen-bond donors (Lipinski definition) is 1. The highest BCUT2D eigenvalue weighted by Crippen LogP contribution is 2.23. The highest BCUT2D eigenvalue weighted by Gasteiger charge is 2.16. The molecular weight excluding hydrogens is 312 g/mol. The Hall–Kier alpha value is -2.40. The molecule has 0 aliphatic heterocycles. The van der Waals surface area contributed by atoms with Crippen LogP contribution < -0.4 is 5.56 Å². The van der Waals surface area contributed by atoms with Gasteiger partial charge in [0.05, 0.1) is 16.9 Å². The molecule has 2 heterocycles. The lowest BCUT2D eigenvalue weighted by atomic mass is 10.1. The Morgan fingerprint density at radius 3 is 3.00 bits per heavy atom. The number of nitrogens with one attached hydrogen (secondary N) is 1. The van der Waals surface area contributed by atoms with Crippen LogP contribution in [0, 0.1) is 5.92 Å². The Labute approximate surface area is 137 Å². The van der Waals surface area contributed by atoms with Gasteiger partial charge in [-0.15, -0.1) is 0 Å². The molecule has 23 heavy (non-hydrogen) atoms. The van der Waals surface area contributed by atoms with Gasteiger partial charge in [-0.2, -0.15) is 5.10 Å². The largest absolute Gasteiger partial charge is 0.310 e. The third kappa shape index (κ3) is 2.57. The van der Waals surface area contributed by atoms with Crippen LogP contribution in [0.4, 0.5) is 0 Å². The molecule has 1 atom stereocenters. The first-order chi connectivity index (χ1) is 11.2. The van der Waals surface area contributed by atoms with Crippen molar-refractivity contribution in [3.05, 3.63) is 63.8 Å². The third-order valence-electron chi connectivity index (χ3n) is 4.14. The van der Waals surface area contributed by atoms with E-state index in [0.29, 0.717) is 33.5 Å². The van der Waals surface area contributed by atoms with Crippen LogP contribution in [0.3, 0.4) is 0 Å². The molecule has 1 aliphatic rings. The van der Waals surface area contributed by atoms with E-state index in [0.717, 1.165) is 19.3 Å². The fraction of sp³-hybridized carbons (Fsp3) is 0.235. The van der Waals surface area contributed by atoms with Gasteiger partial charge < -0.3 is 4.98 Å². The van der Waals surface area contributed by atoms with Gasteiger partial charge in [-0.1, -0.05) is 35.9 Å². The molecule has 1 aromatic carbocycles. The lowest BCUT2D eigenvalue weighted by Gasteiger charge is -2.08. The average Bonchev–Trinajstić information content (AvgIpc) is 3.18. The number of para-hydroxylation sites is 1. The molecule has 0 fully saturated rings. The second-order valence-corrected chi connectivity index (χ2v) is 6.13. The zero-order valence-corrected chi connectivity index (χ0v) is 13.1. The number of benzene rings is 1. The topological polar surface area (TPSA) is 63.6 Å². The minimum Gasteiger partial charge on any atom is -0.310 e. The van der Waals surface area contributed by atoms with Crippen molar-refractivity contribution in [2.75, 3.05) is 0 Å². The van der Waals surface area contributed by atoms with Crippen LogP contribution in [-0.2, 0) is 6.42 Å². The SMILES string of the molecule is O=c1[nH]c(CC2C=CCC2)nc2c1cnn2-c1ccccc1Cl. The number of hydrogen-bond acceptors (Lipinski definition) is 3. The van der Waals surface area contributed by atoms with Crippen molar-refractivity contribution in [1.29, 1.82) is 0 Å². The molecule has 1 aliphatic carbocycles. The average molecular weight is 327 g/mol. The summed E-state index contributed by atoms with van der Waals surface area (Å²) in [4.78, 5) is 19.8. The quantitative estimate of drug-likeness (QED) is 0.751. The number of rotatable bonds is 3. The van der Waals surface area contributed by atoms with Crippen LogP contribution in [0.2, 0.25) is 5.02 Å². The summed E-state index contributed by atoms with van der Waals surface area (Å²) >= 11 is 6.25. The first kappa shape index (κ1) is 14.2. The van der Waals surface area contributed by atoms with E-state index in [9.17, 15) is 4.79 Å². The summed E-state index contributed by atoms with van der Waals surface area (Å²) in [5.41, 5.74) is 1.10. The summed E-state index contributed by atoms with van der Waals surface area (Å²) in [5, 5.41) is 5.33. The summed E-state index contributed by atoms with van der Waals surface area (Å²) in [6.45, 7) is 0. The molecule has 3 aromatic rings. The van der Waals surface area contributed by atoms with Crippen molar-refractivity contribution in [2.24, 2.45) is 5.92 Å². The van der Waals surface area contributed by atoms with Gasteiger partial charge in [0.25, 0.3) is 5.56 Å². The molecule has 2 aromatic heterocycles. The first-order valence-corrected chi connectivity index (χ1v) is 7.98. The van der Waals surface area contributed by atoms with Gasteiger partial charge in [-0.3, -0.25) is 4.79 Å². The third-order valence-corrected chi connectivity index (χ3v) is 4.46. The van der Waals surface area contributed by atoms with Gasteiger partial charge in [0, 0.05) is 6.42 Å². The first-order valence-electron chi connectivity index (χ1n) is 7.61.